The van der Waals surface area contributed by atoms with Crippen LogP contribution in [0.15, 0.2) is 0 Å². The summed E-state index contributed by atoms with van der Waals surface area (Å²) in [7, 11) is 1.78. The molecular formula is C15H22ClN5OS. The molecule has 2 aromatic heterocycles. The number of halogens is 1. The van der Waals surface area contributed by atoms with Gasteiger partial charge in [-0.1, -0.05) is 0 Å². The second kappa shape index (κ2) is 6.39. The molecule has 0 radical (unpaired) electrons. The van der Waals surface area contributed by atoms with E-state index in [0.29, 0.717) is 5.95 Å². The molecule has 6 nitrogen and oxygen atoms in total. The van der Waals surface area contributed by atoms with E-state index in [9.17, 15) is 0 Å². The van der Waals surface area contributed by atoms with Crippen LogP contribution in [0.4, 0.5) is 11.8 Å². The summed E-state index contributed by atoms with van der Waals surface area (Å²) in [5, 5.41) is 0. The van der Waals surface area contributed by atoms with Crippen LogP contribution < -0.4 is 16.4 Å². The van der Waals surface area contributed by atoms with E-state index in [4.69, 9.17) is 16.2 Å². The van der Waals surface area contributed by atoms with Gasteiger partial charge in [-0.05, 0) is 24.8 Å². The van der Waals surface area contributed by atoms with E-state index in [1.54, 1.807) is 7.11 Å². The highest BCUT2D eigenvalue weighted by atomic mass is 35.5. The lowest BCUT2D eigenvalue weighted by Gasteiger charge is -2.20. The molecule has 4 N–H and O–H groups in total. The molecule has 1 fully saturated rings. The molecule has 23 heavy (non-hydrogen) atoms. The summed E-state index contributed by atoms with van der Waals surface area (Å²) in [6, 6.07) is 0.221. The SMILES string of the molecule is COC1CCc2sc3c(N4CC[C@@H](N)C4)nc(N)nc3c2C1.Cl. The Morgan fingerprint density at radius 2 is 2.13 bits per heavy atom. The van der Waals surface area contributed by atoms with Crippen LogP contribution in [-0.2, 0) is 17.6 Å². The summed E-state index contributed by atoms with van der Waals surface area (Å²) < 4.78 is 6.70. The standard InChI is InChI=1S/C15H21N5OS.ClH/c1-21-9-2-3-11-10(6-9)12-13(22-11)14(19-15(17)18-12)20-5-4-8(16)7-20;/h8-9H,2-7,16H2,1H3,(H2,17,18,19);1H/t8-,9?;/m1./s1. The summed E-state index contributed by atoms with van der Waals surface area (Å²) in [6.07, 6.45) is 4.32. The Morgan fingerprint density at radius 3 is 2.83 bits per heavy atom. The Balaban J connectivity index is 0.00000156. The molecular weight excluding hydrogens is 334 g/mol. The number of thiophene rings is 1. The second-order valence-corrected chi connectivity index (χ2v) is 7.29. The Kier molecular flexibility index (Phi) is 4.64. The maximum Gasteiger partial charge on any atom is 0.222 e. The Hall–Kier alpha value is -1.15. The molecule has 8 heteroatoms. The first-order valence-corrected chi connectivity index (χ1v) is 8.58. The smallest absolute Gasteiger partial charge is 0.222 e. The number of hydrogen-bond acceptors (Lipinski definition) is 7. The van der Waals surface area contributed by atoms with Gasteiger partial charge in [0, 0.05) is 37.5 Å². The third-order valence-corrected chi connectivity index (χ3v) is 5.97. The molecule has 3 heterocycles. The van der Waals surface area contributed by atoms with Gasteiger partial charge in [0.1, 0.15) is 0 Å². The van der Waals surface area contributed by atoms with Gasteiger partial charge in [0.25, 0.3) is 0 Å². The number of rotatable bonds is 2. The molecule has 2 aliphatic rings. The van der Waals surface area contributed by atoms with Gasteiger partial charge in [-0.3, -0.25) is 0 Å². The van der Waals surface area contributed by atoms with E-state index in [0.717, 1.165) is 54.8 Å². The average Bonchev–Trinajstić information content (AvgIpc) is 3.09. The molecule has 2 atom stereocenters. The second-order valence-electron chi connectivity index (χ2n) is 6.18. The summed E-state index contributed by atoms with van der Waals surface area (Å²) in [5.41, 5.74) is 14.3. The lowest BCUT2D eigenvalue weighted by molar-refractivity contribution is 0.0919. The van der Waals surface area contributed by atoms with Crippen molar-refractivity contribution in [1.82, 2.24) is 9.97 Å². The number of hydrogen-bond donors (Lipinski definition) is 2. The van der Waals surface area contributed by atoms with E-state index in [-0.39, 0.29) is 24.6 Å². The van der Waals surface area contributed by atoms with Crippen molar-refractivity contribution in [3.05, 3.63) is 10.4 Å². The number of aryl methyl sites for hydroxylation is 1. The van der Waals surface area contributed by atoms with Gasteiger partial charge in [-0.2, -0.15) is 4.98 Å². The van der Waals surface area contributed by atoms with Gasteiger partial charge in [-0.25, -0.2) is 4.98 Å². The first kappa shape index (κ1) is 16.7. The third-order valence-electron chi connectivity index (χ3n) is 4.70. The number of nitrogens with two attached hydrogens (primary N) is 2. The third kappa shape index (κ3) is 2.87. The highest BCUT2D eigenvalue weighted by molar-refractivity contribution is 7.19. The van der Waals surface area contributed by atoms with Crippen LogP contribution in [0.1, 0.15) is 23.3 Å². The van der Waals surface area contributed by atoms with E-state index in [1.165, 1.54) is 10.4 Å². The normalized spacial score (nSPS) is 23.8. The number of nitrogens with zero attached hydrogens (tertiary/aromatic N) is 3. The molecule has 1 unspecified atom stereocenters. The van der Waals surface area contributed by atoms with Crippen LogP contribution in [0, 0.1) is 0 Å². The zero-order valence-electron chi connectivity index (χ0n) is 13.1. The minimum Gasteiger partial charge on any atom is -0.381 e. The van der Waals surface area contributed by atoms with Gasteiger partial charge in [0.15, 0.2) is 5.82 Å². The average molecular weight is 356 g/mol. The van der Waals surface area contributed by atoms with Crippen molar-refractivity contribution in [3.8, 4) is 0 Å². The number of methoxy groups -OCH3 is 1. The van der Waals surface area contributed by atoms with Crippen LogP contribution in [0.2, 0.25) is 0 Å². The zero-order valence-corrected chi connectivity index (χ0v) is 14.8. The minimum atomic E-state index is 0. The lowest BCUT2D eigenvalue weighted by atomic mass is 9.95. The largest absolute Gasteiger partial charge is 0.381 e. The molecule has 1 aliphatic carbocycles. The van der Waals surface area contributed by atoms with Crippen molar-refractivity contribution < 1.29 is 4.74 Å². The van der Waals surface area contributed by atoms with Gasteiger partial charge in [-0.15, -0.1) is 23.7 Å². The van der Waals surface area contributed by atoms with Gasteiger partial charge < -0.3 is 21.1 Å². The van der Waals surface area contributed by atoms with Crippen molar-refractivity contribution in [2.75, 3.05) is 30.8 Å². The predicted molar refractivity (Wildman–Crippen MR) is 96.7 cm³/mol. The highest BCUT2D eigenvalue weighted by Gasteiger charge is 2.28. The molecule has 0 bridgehead atoms. The number of aromatic nitrogens is 2. The fraction of sp³-hybridized carbons (Fsp3) is 0.600. The van der Waals surface area contributed by atoms with Crippen LogP contribution >= 0.6 is 23.7 Å². The van der Waals surface area contributed by atoms with Crippen LogP contribution in [0.3, 0.4) is 0 Å². The Labute approximate surface area is 145 Å². The molecule has 2 aromatic rings. The number of anilines is 2. The van der Waals surface area contributed by atoms with Gasteiger partial charge >= 0.3 is 0 Å². The summed E-state index contributed by atoms with van der Waals surface area (Å²) in [6.45, 7) is 1.78. The van der Waals surface area contributed by atoms with Crippen molar-refractivity contribution in [2.24, 2.45) is 5.73 Å². The van der Waals surface area contributed by atoms with Crippen LogP contribution in [0.25, 0.3) is 10.2 Å². The summed E-state index contributed by atoms with van der Waals surface area (Å²) >= 11 is 1.82. The monoisotopic (exact) mass is 355 g/mol. The fourth-order valence-electron chi connectivity index (χ4n) is 3.50. The van der Waals surface area contributed by atoms with E-state index < -0.39 is 0 Å². The fourth-order valence-corrected chi connectivity index (χ4v) is 4.80. The Morgan fingerprint density at radius 1 is 1.30 bits per heavy atom. The van der Waals surface area contributed by atoms with Gasteiger partial charge in [0.2, 0.25) is 5.95 Å². The van der Waals surface area contributed by atoms with E-state index in [1.807, 2.05) is 11.3 Å². The van der Waals surface area contributed by atoms with Gasteiger partial charge in [0.05, 0.1) is 16.3 Å². The lowest BCUT2D eigenvalue weighted by Crippen LogP contribution is -2.27. The number of fused-ring (bicyclic) bond motifs is 3. The van der Waals surface area contributed by atoms with E-state index in [2.05, 4.69) is 14.9 Å². The first-order valence-electron chi connectivity index (χ1n) is 7.76. The Bertz CT molecular complexity index is 721. The molecule has 0 saturated carbocycles. The quantitative estimate of drug-likeness (QED) is 0.852. The summed E-state index contributed by atoms with van der Waals surface area (Å²) in [4.78, 5) is 12.7. The first-order chi connectivity index (χ1) is 10.7. The van der Waals surface area contributed by atoms with Crippen molar-refractivity contribution in [3.63, 3.8) is 0 Å². The van der Waals surface area contributed by atoms with Crippen LogP contribution in [0.5, 0.6) is 0 Å². The number of ether oxygens (including phenoxy) is 1. The molecule has 4 rings (SSSR count). The summed E-state index contributed by atoms with van der Waals surface area (Å²) in [5.74, 6) is 1.31. The van der Waals surface area contributed by atoms with E-state index >= 15 is 0 Å². The zero-order chi connectivity index (χ0) is 15.3. The maximum absolute atomic E-state index is 6.05. The van der Waals surface area contributed by atoms with Crippen molar-refractivity contribution >= 4 is 45.7 Å². The molecule has 0 amide bonds. The molecule has 1 saturated heterocycles. The highest BCUT2D eigenvalue weighted by Crippen LogP contribution is 2.40. The molecule has 126 valence electrons. The minimum absolute atomic E-state index is 0. The number of nitrogen functional groups attached to an aromatic ring is 1. The molecule has 0 spiro atoms. The maximum atomic E-state index is 6.05. The predicted octanol–water partition coefficient (Wildman–Crippen LogP) is 1.74. The topological polar surface area (TPSA) is 90.3 Å². The molecule has 0 aromatic carbocycles. The van der Waals surface area contributed by atoms with Crippen molar-refractivity contribution in [2.45, 2.75) is 37.8 Å². The van der Waals surface area contributed by atoms with Crippen molar-refractivity contribution in [1.29, 1.82) is 0 Å². The van der Waals surface area contributed by atoms with Crippen LogP contribution in [-0.4, -0.2) is 42.3 Å². The molecule has 1 aliphatic heterocycles.